The monoisotopic (exact) mass is 248 g/mol. The second-order valence-corrected chi connectivity index (χ2v) is 5.31. The van der Waals surface area contributed by atoms with Gasteiger partial charge in [0.05, 0.1) is 0 Å². The van der Waals surface area contributed by atoms with E-state index in [2.05, 4.69) is 18.3 Å². The van der Waals surface area contributed by atoms with Crippen molar-refractivity contribution in [3.8, 4) is 0 Å². The van der Waals surface area contributed by atoms with Crippen LogP contribution in [-0.4, -0.2) is 11.5 Å². The molecule has 0 amide bonds. The van der Waals surface area contributed by atoms with Gasteiger partial charge in [-0.25, -0.2) is 0 Å². The molecule has 92 valence electrons. The van der Waals surface area contributed by atoms with Gasteiger partial charge in [0.2, 0.25) is 0 Å². The van der Waals surface area contributed by atoms with Crippen LogP contribution in [0.1, 0.15) is 36.8 Å². The van der Waals surface area contributed by atoms with Crippen LogP contribution in [0, 0.1) is 12.8 Å². The number of hydrogen-bond donors (Lipinski definition) is 2. The molecule has 2 nitrogen and oxygen atoms in total. The van der Waals surface area contributed by atoms with Gasteiger partial charge in [-0.2, -0.15) is 0 Å². The van der Waals surface area contributed by atoms with Crippen LogP contribution in [-0.2, 0) is 0 Å². The van der Waals surface area contributed by atoms with Gasteiger partial charge in [0, 0.05) is 17.8 Å². The van der Waals surface area contributed by atoms with Crippen molar-refractivity contribution >= 4 is 22.9 Å². The largest absolute Gasteiger partial charge is 0.389 e. The molecule has 2 rings (SSSR count). The average Bonchev–Trinajstić information content (AvgIpc) is 3.09. The maximum absolute atomic E-state index is 5.74. The molecule has 0 radical (unpaired) electrons. The third-order valence-electron chi connectivity index (χ3n) is 3.33. The number of thiocarbonyl (C=S) groups is 1. The van der Waals surface area contributed by atoms with Crippen LogP contribution in [0.25, 0.3) is 0 Å². The minimum absolute atomic E-state index is 0.471. The van der Waals surface area contributed by atoms with Crippen molar-refractivity contribution in [3.63, 3.8) is 0 Å². The molecule has 1 fully saturated rings. The Bertz CT molecular complexity index is 411. The average molecular weight is 248 g/mol. The van der Waals surface area contributed by atoms with Crippen LogP contribution < -0.4 is 11.1 Å². The smallest absolute Gasteiger partial charge is 0.106 e. The standard InChI is InChI=1S/C14H20N2S/c1-10-4-2-6-12(14(15)17)13(10)16-9-3-5-11-7-8-11/h2,4,6,11,16H,3,5,7-9H2,1H3,(H2,15,17). The fraction of sp³-hybridized carbons (Fsp3) is 0.500. The summed E-state index contributed by atoms with van der Waals surface area (Å²) in [4.78, 5) is 0.471. The Hall–Kier alpha value is -1.09. The van der Waals surface area contributed by atoms with Gasteiger partial charge in [-0.05, 0) is 37.3 Å². The van der Waals surface area contributed by atoms with E-state index in [4.69, 9.17) is 18.0 Å². The van der Waals surface area contributed by atoms with E-state index in [1.54, 1.807) is 0 Å². The maximum atomic E-state index is 5.74. The van der Waals surface area contributed by atoms with E-state index in [9.17, 15) is 0 Å². The Morgan fingerprint density at radius 3 is 2.88 bits per heavy atom. The Morgan fingerprint density at radius 1 is 1.47 bits per heavy atom. The number of anilines is 1. The fourth-order valence-electron chi connectivity index (χ4n) is 2.12. The molecule has 1 aliphatic rings. The van der Waals surface area contributed by atoms with Gasteiger partial charge in [-0.15, -0.1) is 0 Å². The Kier molecular flexibility index (Phi) is 4.00. The Balaban J connectivity index is 1.94. The topological polar surface area (TPSA) is 38.0 Å². The number of benzene rings is 1. The van der Waals surface area contributed by atoms with E-state index in [0.717, 1.165) is 23.7 Å². The van der Waals surface area contributed by atoms with Gasteiger partial charge in [-0.1, -0.05) is 37.2 Å². The highest BCUT2D eigenvalue weighted by atomic mass is 32.1. The highest BCUT2D eigenvalue weighted by Gasteiger charge is 2.20. The first kappa shape index (κ1) is 12.4. The molecule has 1 aromatic rings. The van der Waals surface area contributed by atoms with Crippen molar-refractivity contribution < 1.29 is 0 Å². The van der Waals surface area contributed by atoms with Crippen LogP contribution in [0.2, 0.25) is 0 Å². The van der Waals surface area contributed by atoms with E-state index in [-0.39, 0.29) is 0 Å². The summed E-state index contributed by atoms with van der Waals surface area (Å²) >= 11 is 5.08. The predicted octanol–water partition coefficient (Wildman–Crippen LogP) is 3.23. The third-order valence-corrected chi connectivity index (χ3v) is 3.55. The zero-order valence-corrected chi connectivity index (χ0v) is 11.1. The molecule has 3 N–H and O–H groups in total. The number of hydrogen-bond acceptors (Lipinski definition) is 2. The third kappa shape index (κ3) is 3.43. The normalized spacial score (nSPS) is 14.6. The number of nitrogens with two attached hydrogens (primary N) is 1. The van der Waals surface area contributed by atoms with Gasteiger partial charge >= 0.3 is 0 Å². The van der Waals surface area contributed by atoms with Crippen molar-refractivity contribution in [2.75, 3.05) is 11.9 Å². The lowest BCUT2D eigenvalue weighted by Crippen LogP contribution is -2.14. The molecule has 17 heavy (non-hydrogen) atoms. The van der Waals surface area contributed by atoms with E-state index in [1.807, 2.05) is 12.1 Å². The van der Waals surface area contributed by atoms with Gasteiger partial charge < -0.3 is 11.1 Å². The van der Waals surface area contributed by atoms with Crippen molar-refractivity contribution in [2.45, 2.75) is 32.6 Å². The molecule has 0 bridgehead atoms. The first-order valence-electron chi connectivity index (χ1n) is 6.32. The van der Waals surface area contributed by atoms with Crippen LogP contribution >= 0.6 is 12.2 Å². The summed E-state index contributed by atoms with van der Waals surface area (Å²) in [5.41, 5.74) is 9.02. The Labute approximate surface area is 109 Å². The molecule has 1 aromatic carbocycles. The highest BCUT2D eigenvalue weighted by Crippen LogP contribution is 2.33. The lowest BCUT2D eigenvalue weighted by Gasteiger charge is -2.13. The van der Waals surface area contributed by atoms with Crippen LogP contribution in [0.3, 0.4) is 0 Å². The first-order chi connectivity index (χ1) is 8.18. The zero-order chi connectivity index (χ0) is 12.3. The summed E-state index contributed by atoms with van der Waals surface area (Å²) in [6.07, 6.45) is 5.45. The number of nitrogens with one attached hydrogen (secondary N) is 1. The lowest BCUT2D eigenvalue weighted by molar-refractivity contribution is 0.687. The van der Waals surface area contributed by atoms with Crippen molar-refractivity contribution in [2.24, 2.45) is 11.7 Å². The molecule has 3 heteroatoms. The number of aryl methyl sites for hydroxylation is 1. The van der Waals surface area contributed by atoms with Crippen LogP contribution in [0.4, 0.5) is 5.69 Å². The fourth-order valence-corrected chi connectivity index (χ4v) is 2.29. The molecule has 1 aliphatic carbocycles. The van der Waals surface area contributed by atoms with E-state index >= 15 is 0 Å². The van der Waals surface area contributed by atoms with Crippen LogP contribution in [0.15, 0.2) is 18.2 Å². The molecule has 0 atom stereocenters. The van der Waals surface area contributed by atoms with Crippen molar-refractivity contribution in [1.29, 1.82) is 0 Å². The van der Waals surface area contributed by atoms with Gasteiger partial charge in [0.25, 0.3) is 0 Å². The molecule has 0 saturated heterocycles. The van der Waals surface area contributed by atoms with Crippen LogP contribution in [0.5, 0.6) is 0 Å². The molecule has 0 aliphatic heterocycles. The van der Waals surface area contributed by atoms with Gasteiger partial charge in [-0.3, -0.25) is 0 Å². The quantitative estimate of drug-likeness (QED) is 0.599. The lowest BCUT2D eigenvalue weighted by atomic mass is 10.1. The highest BCUT2D eigenvalue weighted by molar-refractivity contribution is 7.80. The zero-order valence-electron chi connectivity index (χ0n) is 10.3. The molecule has 0 aromatic heterocycles. The number of rotatable bonds is 6. The SMILES string of the molecule is Cc1cccc(C(N)=S)c1NCCCC1CC1. The molecule has 0 heterocycles. The predicted molar refractivity (Wildman–Crippen MR) is 77.5 cm³/mol. The first-order valence-corrected chi connectivity index (χ1v) is 6.72. The van der Waals surface area contributed by atoms with E-state index in [1.165, 1.54) is 31.2 Å². The Morgan fingerprint density at radius 2 is 2.24 bits per heavy atom. The molecule has 1 saturated carbocycles. The van der Waals surface area contributed by atoms with Crippen molar-refractivity contribution in [3.05, 3.63) is 29.3 Å². The second kappa shape index (κ2) is 5.50. The molecular formula is C14H20N2S. The van der Waals surface area contributed by atoms with Gasteiger partial charge in [0.15, 0.2) is 0 Å². The summed E-state index contributed by atoms with van der Waals surface area (Å²) in [5, 5.41) is 3.48. The molecule has 0 spiro atoms. The minimum atomic E-state index is 0.471. The van der Waals surface area contributed by atoms with Crippen molar-refractivity contribution in [1.82, 2.24) is 0 Å². The van der Waals surface area contributed by atoms with E-state index < -0.39 is 0 Å². The molecule has 0 unspecified atom stereocenters. The maximum Gasteiger partial charge on any atom is 0.106 e. The van der Waals surface area contributed by atoms with E-state index in [0.29, 0.717) is 4.99 Å². The summed E-state index contributed by atoms with van der Waals surface area (Å²) in [6, 6.07) is 6.07. The summed E-state index contributed by atoms with van der Waals surface area (Å²) in [5.74, 6) is 1.00. The summed E-state index contributed by atoms with van der Waals surface area (Å²) in [7, 11) is 0. The second-order valence-electron chi connectivity index (χ2n) is 4.87. The number of para-hydroxylation sites is 1. The summed E-state index contributed by atoms with van der Waals surface area (Å²) in [6.45, 7) is 3.10. The molecular weight excluding hydrogens is 228 g/mol. The minimum Gasteiger partial charge on any atom is -0.389 e. The summed E-state index contributed by atoms with van der Waals surface area (Å²) < 4.78 is 0. The van der Waals surface area contributed by atoms with Gasteiger partial charge in [0.1, 0.15) is 4.99 Å².